The molecule has 1 amide bonds. The van der Waals surface area contributed by atoms with Crippen molar-refractivity contribution >= 4 is 17.7 Å². The van der Waals surface area contributed by atoms with Gasteiger partial charge in [-0.1, -0.05) is 17.3 Å². The lowest BCUT2D eigenvalue weighted by Crippen LogP contribution is -2.25. The lowest BCUT2D eigenvalue weighted by atomic mass is 10.1. The van der Waals surface area contributed by atoms with Crippen molar-refractivity contribution in [2.45, 2.75) is 38.7 Å². The van der Waals surface area contributed by atoms with E-state index in [-0.39, 0.29) is 23.5 Å². The minimum atomic E-state index is -4.84. The smallest absolute Gasteiger partial charge is 0.476 e. The topological polar surface area (TPSA) is 141 Å². The number of rotatable bonds is 10. The molecule has 0 bridgehead atoms. The molecule has 180 valence electrons. The molecular formula is C20H19F3N6O5. The third-order valence-electron chi connectivity index (χ3n) is 4.43. The molecule has 3 aromatic rings. The number of unbranched alkanes of at least 4 members (excludes halogenated alkanes) is 1. The van der Waals surface area contributed by atoms with Crippen LogP contribution in [0.15, 0.2) is 47.5 Å². The first-order chi connectivity index (χ1) is 16.1. The Morgan fingerprint density at radius 3 is 2.59 bits per heavy atom. The highest BCUT2D eigenvalue weighted by atomic mass is 19.4. The third-order valence-corrected chi connectivity index (χ3v) is 4.43. The molecule has 0 saturated heterocycles. The average Bonchev–Trinajstić information content (AvgIpc) is 3.21. The first-order valence-electron chi connectivity index (χ1n) is 9.94. The van der Waals surface area contributed by atoms with Gasteiger partial charge in [0.25, 0.3) is 0 Å². The summed E-state index contributed by atoms with van der Waals surface area (Å²) in [6, 6.07) is 6.45. The summed E-state index contributed by atoms with van der Waals surface area (Å²) in [5, 5.41) is 18.5. The summed E-state index contributed by atoms with van der Waals surface area (Å²) in [5.41, 5.74) is -0.455. The number of amides is 1. The van der Waals surface area contributed by atoms with Crippen LogP contribution in [0, 0.1) is 0 Å². The van der Waals surface area contributed by atoms with Crippen molar-refractivity contribution in [3.8, 4) is 5.75 Å². The van der Waals surface area contributed by atoms with Crippen molar-refractivity contribution in [1.82, 2.24) is 24.5 Å². The average molecular weight is 480 g/mol. The Morgan fingerprint density at radius 2 is 1.91 bits per heavy atom. The number of aromatic carboxylic acids is 1. The van der Waals surface area contributed by atoms with E-state index < -0.39 is 29.7 Å². The summed E-state index contributed by atoms with van der Waals surface area (Å²) < 4.78 is 43.6. The Morgan fingerprint density at radius 1 is 1.15 bits per heavy atom. The fourth-order valence-corrected chi connectivity index (χ4v) is 2.96. The number of carboxylic acids is 1. The zero-order valence-electron chi connectivity index (χ0n) is 17.5. The Kier molecular flexibility index (Phi) is 7.60. The molecule has 0 fully saturated rings. The Hall–Kier alpha value is -4.23. The van der Waals surface area contributed by atoms with E-state index in [0.29, 0.717) is 25.9 Å². The van der Waals surface area contributed by atoms with Gasteiger partial charge in [0.2, 0.25) is 5.91 Å². The van der Waals surface area contributed by atoms with Crippen molar-refractivity contribution in [1.29, 1.82) is 0 Å². The van der Waals surface area contributed by atoms with Gasteiger partial charge in [-0.15, -0.1) is 18.3 Å². The van der Waals surface area contributed by atoms with Crippen molar-refractivity contribution in [3.63, 3.8) is 0 Å². The highest BCUT2D eigenvalue weighted by Crippen LogP contribution is 2.23. The standard InChI is InChI=1S/C20H19F3N6O5/c21-20(22,23)34-14-5-3-4-13(10-14)11-17(30)24-16-6-9-28(19(33)25-16)7-1-2-8-29-12-15(18(31)32)26-27-29/h3-6,9-10,12H,1-2,7-8,11H2,(H,31,32)(H,24,25,30,33). The monoisotopic (exact) mass is 480 g/mol. The van der Waals surface area contributed by atoms with Gasteiger partial charge in [0.05, 0.1) is 12.6 Å². The number of alkyl halides is 3. The van der Waals surface area contributed by atoms with E-state index in [1.165, 1.54) is 39.8 Å². The lowest BCUT2D eigenvalue weighted by molar-refractivity contribution is -0.274. The van der Waals surface area contributed by atoms with Gasteiger partial charge in [0.1, 0.15) is 11.6 Å². The van der Waals surface area contributed by atoms with Gasteiger partial charge < -0.3 is 15.2 Å². The molecule has 2 aromatic heterocycles. The molecule has 2 N–H and O–H groups in total. The number of ether oxygens (including phenoxy) is 1. The van der Waals surface area contributed by atoms with E-state index >= 15 is 0 Å². The lowest BCUT2D eigenvalue weighted by Gasteiger charge is -2.10. The molecule has 3 rings (SSSR count). The molecule has 0 aliphatic rings. The summed E-state index contributed by atoms with van der Waals surface area (Å²) in [6.45, 7) is 0.762. The number of aromatic nitrogens is 5. The maximum Gasteiger partial charge on any atom is 0.573 e. The number of aryl methyl sites for hydroxylation is 2. The number of carboxylic acid groups (broad SMARTS) is 1. The Labute approximate surface area is 189 Å². The first kappa shape index (κ1) is 24.4. The van der Waals surface area contributed by atoms with Crippen LogP contribution < -0.4 is 15.7 Å². The number of benzene rings is 1. The fraction of sp³-hybridized carbons (Fsp3) is 0.300. The molecule has 0 atom stereocenters. The van der Waals surface area contributed by atoms with Gasteiger partial charge in [-0.25, -0.2) is 9.59 Å². The predicted octanol–water partition coefficient (Wildman–Crippen LogP) is 2.09. The van der Waals surface area contributed by atoms with E-state index in [1.54, 1.807) is 0 Å². The van der Waals surface area contributed by atoms with E-state index in [4.69, 9.17) is 5.11 Å². The van der Waals surface area contributed by atoms with E-state index in [2.05, 4.69) is 25.3 Å². The van der Waals surface area contributed by atoms with Crippen molar-refractivity contribution in [2.75, 3.05) is 5.32 Å². The van der Waals surface area contributed by atoms with Crippen LogP contribution in [0.25, 0.3) is 0 Å². The van der Waals surface area contributed by atoms with Gasteiger partial charge in [-0.05, 0) is 36.6 Å². The summed E-state index contributed by atoms with van der Waals surface area (Å²) in [6.07, 6.45) is -1.13. The Balaban J connectivity index is 1.48. The minimum absolute atomic E-state index is 0.0118. The number of nitrogens with one attached hydrogen (secondary N) is 1. The second kappa shape index (κ2) is 10.6. The van der Waals surface area contributed by atoms with Crippen LogP contribution in [0.4, 0.5) is 19.0 Å². The number of nitrogens with zero attached hydrogens (tertiary/aromatic N) is 5. The normalized spacial score (nSPS) is 11.3. The summed E-state index contributed by atoms with van der Waals surface area (Å²) in [4.78, 5) is 38.9. The second-order valence-electron chi connectivity index (χ2n) is 7.09. The highest BCUT2D eigenvalue weighted by molar-refractivity contribution is 5.91. The summed E-state index contributed by atoms with van der Waals surface area (Å²) in [5.74, 6) is -2.16. The van der Waals surface area contributed by atoms with Gasteiger partial charge in [0, 0.05) is 19.3 Å². The molecule has 14 heteroatoms. The zero-order chi connectivity index (χ0) is 24.7. The maximum absolute atomic E-state index is 12.3. The quantitative estimate of drug-likeness (QED) is 0.420. The highest BCUT2D eigenvalue weighted by Gasteiger charge is 2.31. The molecule has 11 nitrogen and oxygen atoms in total. The van der Waals surface area contributed by atoms with Crippen LogP contribution in [0.5, 0.6) is 5.75 Å². The largest absolute Gasteiger partial charge is 0.573 e. The van der Waals surface area contributed by atoms with E-state index in [1.807, 2.05) is 0 Å². The van der Waals surface area contributed by atoms with Crippen LogP contribution in [-0.2, 0) is 24.3 Å². The third kappa shape index (κ3) is 7.43. The summed E-state index contributed by atoms with van der Waals surface area (Å²) >= 11 is 0. The fourth-order valence-electron chi connectivity index (χ4n) is 2.96. The molecule has 0 saturated carbocycles. The molecular weight excluding hydrogens is 461 g/mol. The van der Waals surface area contributed by atoms with Gasteiger partial charge >= 0.3 is 18.0 Å². The van der Waals surface area contributed by atoms with Crippen LogP contribution in [0.3, 0.4) is 0 Å². The molecule has 0 radical (unpaired) electrons. The Bertz CT molecular complexity index is 1220. The van der Waals surface area contributed by atoms with Crippen molar-refractivity contribution in [3.05, 3.63) is 64.5 Å². The van der Waals surface area contributed by atoms with Gasteiger partial charge in [0.15, 0.2) is 5.69 Å². The summed E-state index contributed by atoms with van der Waals surface area (Å²) in [7, 11) is 0. The minimum Gasteiger partial charge on any atom is -0.476 e. The van der Waals surface area contributed by atoms with E-state index in [0.717, 1.165) is 12.1 Å². The van der Waals surface area contributed by atoms with Crippen molar-refractivity contribution in [2.24, 2.45) is 0 Å². The van der Waals surface area contributed by atoms with Gasteiger partial charge in [-0.3, -0.25) is 14.0 Å². The number of carbonyl (C=O) groups is 2. The number of hydrogen-bond donors (Lipinski definition) is 2. The molecule has 0 aliphatic carbocycles. The predicted molar refractivity (Wildman–Crippen MR) is 110 cm³/mol. The van der Waals surface area contributed by atoms with Gasteiger partial charge in [-0.2, -0.15) is 4.98 Å². The van der Waals surface area contributed by atoms with Crippen molar-refractivity contribution < 1.29 is 32.6 Å². The number of hydrogen-bond acceptors (Lipinski definition) is 7. The van der Waals surface area contributed by atoms with Crippen LogP contribution >= 0.6 is 0 Å². The molecule has 0 spiro atoms. The molecule has 0 unspecified atom stereocenters. The number of carbonyl (C=O) groups excluding carboxylic acids is 1. The molecule has 2 heterocycles. The molecule has 1 aromatic carbocycles. The number of anilines is 1. The van der Waals surface area contributed by atoms with Crippen LogP contribution in [0.1, 0.15) is 28.9 Å². The SMILES string of the molecule is O=C(Cc1cccc(OC(F)(F)F)c1)Nc1ccn(CCCCn2cc(C(=O)O)nn2)c(=O)n1. The van der Waals surface area contributed by atoms with E-state index in [9.17, 15) is 27.6 Å². The second-order valence-corrected chi connectivity index (χ2v) is 7.09. The molecule has 0 aliphatic heterocycles. The zero-order valence-corrected chi connectivity index (χ0v) is 17.5. The maximum atomic E-state index is 12.3. The first-order valence-corrected chi connectivity index (χ1v) is 9.94. The molecule has 34 heavy (non-hydrogen) atoms. The van der Waals surface area contributed by atoms with Crippen LogP contribution in [0.2, 0.25) is 0 Å². The van der Waals surface area contributed by atoms with Crippen LogP contribution in [-0.4, -0.2) is 47.9 Å². The number of halogens is 3.